The number of hydrogen-bond donors (Lipinski definition) is 3. The largest absolute Gasteiger partial charge is 0.484 e. The van der Waals surface area contributed by atoms with Gasteiger partial charge in [0, 0.05) is 6.07 Å². The first-order valence-electron chi connectivity index (χ1n) is 5.61. The van der Waals surface area contributed by atoms with Gasteiger partial charge in [-0.1, -0.05) is 23.2 Å². The molecule has 0 fully saturated rings. The molecule has 1 atom stereocenters. The molecule has 0 spiro atoms. The highest BCUT2D eigenvalue weighted by molar-refractivity contribution is 6.42. The lowest BCUT2D eigenvalue weighted by Crippen LogP contribution is -2.44. The summed E-state index contributed by atoms with van der Waals surface area (Å²) in [6, 6.07) is 2.82. The van der Waals surface area contributed by atoms with Crippen molar-refractivity contribution in [3.05, 3.63) is 28.2 Å². The molecule has 0 saturated heterocycles. The van der Waals surface area contributed by atoms with Crippen LogP contribution in [0.4, 0.5) is 0 Å². The highest BCUT2D eigenvalue weighted by Gasteiger charge is 2.23. The van der Waals surface area contributed by atoms with E-state index >= 15 is 0 Å². The molecule has 0 bridgehead atoms. The summed E-state index contributed by atoms with van der Waals surface area (Å²) in [7, 11) is 0. The van der Waals surface area contributed by atoms with Crippen molar-refractivity contribution in [1.29, 1.82) is 0 Å². The number of ether oxygens (including phenoxy) is 1. The fourth-order valence-electron chi connectivity index (χ4n) is 1.33. The Bertz CT molecular complexity index is 563. The zero-order valence-electron chi connectivity index (χ0n) is 10.5. The second-order valence-electron chi connectivity index (χ2n) is 3.92. The molecule has 0 aliphatic carbocycles. The SMILES string of the molecule is O=C(O)C[C@H](NC(=O)COc1ccc(Cl)c(Cl)c1)C(=O)O. The summed E-state index contributed by atoms with van der Waals surface area (Å²) in [5, 5.41) is 19.9. The highest BCUT2D eigenvalue weighted by atomic mass is 35.5. The van der Waals surface area contributed by atoms with E-state index in [-0.39, 0.29) is 10.8 Å². The minimum atomic E-state index is -1.52. The molecular weight excluding hydrogens is 325 g/mol. The van der Waals surface area contributed by atoms with Crippen molar-refractivity contribution in [3.63, 3.8) is 0 Å². The van der Waals surface area contributed by atoms with Crippen molar-refractivity contribution in [2.24, 2.45) is 0 Å². The Hall–Kier alpha value is -1.99. The fraction of sp³-hybridized carbons (Fsp3) is 0.250. The number of halogens is 2. The molecule has 0 radical (unpaired) electrons. The number of rotatable bonds is 7. The summed E-state index contributed by atoms with van der Waals surface area (Å²) in [5.41, 5.74) is 0. The normalized spacial score (nSPS) is 11.5. The summed E-state index contributed by atoms with van der Waals surface area (Å²) in [5.74, 6) is -3.28. The van der Waals surface area contributed by atoms with Crippen LogP contribution in [0.2, 0.25) is 10.0 Å². The molecule has 7 nitrogen and oxygen atoms in total. The molecule has 1 amide bonds. The van der Waals surface area contributed by atoms with E-state index in [9.17, 15) is 14.4 Å². The second kappa shape index (κ2) is 7.70. The van der Waals surface area contributed by atoms with Crippen molar-refractivity contribution in [1.82, 2.24) is 5.32 Å². The van der Waals surface area contributed by atoms with Crippen molar-refractivity contribution in [3.8, 4) is 5.75 Å². The van der Waals surface area contributed by atoms with Gasteiger partial charge in [-0.2, -0.15) is 0 Å². The molecule has 0 unspecified atom stereocenters. The Morgan fingerprint density at radius 1 is 1.19 bits per heavy atom. The third-order valence-corrected chi connectivity index (χ3v) is 3.01. The topological polar surface area (TPSA) is 113 Å². The summed E-state index contributed by atoms with van der Waals surface area (Å²) in [6.45, 7) is -0.485. The van der Waals surface area contributed by atoms with Gasteiger partial charge in [0.05, 0.1) is 16.5 Å². The third kappa shape index (κ3) is 5.88. The van der Waals surface area contributed by atoms with Gasteiger partial charge in [0.1, 0.15) is 11.8 Å². The van der Waals surface area contributed by atoms with Crippen LogP contribution in [0.15, 0.2) is 18.2 Å². The third-order valence-electron chi connectivity index (χ3n) is 2.27. The number of carboxylic acids is 2. The molecule has 1 aromatic carbocycles. The van der Waals surface area contributed by atoms with Crippen LogP contribution in [0.25, 0.3) is 0 Å². The maximum Gasteiger partial charge on any atom is 0.326 e. The van der Waals surface area contributed by atoms with Crippen LogP contribution in [-0.2, 0) is 14.4 Å². The molecular formula is C12H11Cl2NO6. The van der Waals surface area contributed by atoms with Crippen LogP contribution < -0.4 is 10.1 Å². The van der Waals surface area contributed by atoms with E-state index in [1.54, 1.807) is 0 Å². The number of carboxylic acid groups (broad SMARTS) is 2. The standard InChI is InChI=1S/C12H11Cl2NO6/c13-7-2-1-6(3-8(7)14)21-5-10(16)15-9(12(19)20)4-11(17)18/h1-3,9H,4-5H2,(H,15,16)(H,17,18)(H,19,20)/t9-/m0/s1. The Labute approximate surface area is 129 Å². The van der Waals surface area contributed by atoms with Crippen LogP contribution in [-0.4, -0.2) is 40.7 Å². The number of aliphatic carboxylic acids is 2. The first-order valence-corrected chi connectivity index (χ1v) is 6.37. The number of hydrogen-bond acceptors (Lipinski definition) is 4. The van der Waals surface area contributed by atoms with Crippen LogP contribution in [0, 0.1) is 0 Å². The van der Waals surface area contributed by atoms with Gasteiger partial charge in [0.15, 0.2) is 6.61 Å². The van der Waals surface area contributed by atoms with E-state index in [0.717, 1.165) is 0 Å². The van der Waals surface area contributed by atoms with Crippen LogP contribution in [0.1, 0.15) is 6.42 Å². The quantitative estimate of drug-likeness (QED) is 0.694. The number of benzene rings is 1. The van der Waals surface area contributed by atoms with Gasteiger partial charge in [-0.3, -0.25) is 9.59 Å². The van der Waals surface area contributed by atoms with Gasteiger partial charge >= 0.3 is 11.9 Å². The van der Waals surface area contributed by atoms with Gasteiger partial charge < -0.3 is 20.3 Å². The van der Waals surface area contributed by atoms with Crippen molar-refractivity contribution < 1.29 is 29.3 Å². The molecule has 0 aliphatic rings. The van der Waals surface area contributed by atoms with Crippen LogP contribution >= 0.6 is 23.2 Å². The second-order valence-corrected chi connectivity index (χ2v) is 4.74. The number of nitrogens with one attached hydrogen (secondary N) is 1. The first kappa shape index (κ1) is 17.1. The van der Waals surface area contributed by atoms with E-state index in [4.69, 9.17) is 38.2 Å². The molecule has 0 aromatic heterocycles. The van der Waals surface area contributed by atoms with E-state index in [0.29, 0.717) is 5.02 Å². The molecule has 0 aliphatic heterocycles. The highest BCUT2D eigenvalue weighted by Crippen LogP contribution is 2.26. The number of carbonyl (C=O) groups excluding carboxylic acids is 1. The van der Waals surface area contributed by atoms with Crippen LogP contribution in [0.5, 0.6) is 5.75 Å². The molecule has 21 heavy (non-hydrogen) atoms. The average molecular weight is 336 g/mol. The van der Waals surface area contributed by atoms with E-state index in [1.165, 1.54) is 18.2 Å². The number of amides is 1. The molecule has 9 heteroatoms. The van der Waals surface area contributed by atoms with Crippen molar-refractivity contribution in [2.75, 3.05) is 6.61 Å². The minimum Gasteiger partial charge on any atom is -0.484 e. The summed E-state index contributed by atoms with van der Waals surface area (Å²) < 4.78 is 5.09. The van der Waals surface area contributed by atoms with E-state index in [2.05, 4.69) is 0 Å². The molecule has 3 N–H and O–H groups in total. The summed E-state index contributed by atoms with van der Waals surface area (Å²) in [6.07, 6.45) is -0.728. The van der Waals surface area contributed by atoms with E-state index in [1.807, 2.05) is 5.32 Å². The van der Waals surface area contributed by atoms with Gasteiger partial charge in [0.25, 0.3) is 5.91 Å². The predicted molar refractivity (Wildman–Crippen MR) is 73.8 cm³/mol. The molecule has 1 rings (SSSR count). The maximum atomic E-state index is 11.5. The molecule has 0 saturated carbocycles. The fourth-order valence-corrected chi connectivity index (χ4v) is 1.61. The lowest BCUT2D eigenvalue weighted by atomic mass is 10.2. The van der Waals surface area contributed by atoms with Crippen molar-refractivity contribution in [2.45, 2.75) is 12.5 Å². The van der Waals surface area contributed by atoms with E-state index < -0.39 is 36.9 Å². The smallest absolute Gasteiger partial charge is 0.326 e. The Balaban J connectivity index is 2.54. The lowest BCUT2D eigenvalue weighted by Gasteiger charge is -2.13. The predicted octanol–water partition coefficient (Wildman–Crippen LogP) is 1.42. The Morgan fingerprint density at radius 2 is 1.86 bits per heavy atom. The molecule has 1 aromatic rings. The lowest BCUT2D eigenvalue weighted by molar-refractivity contribution is -0.147. The summed E-state index contributed by atoms with van der Waals surface area (Å²) in [4.78, 5) is 32.8. The summed E-state index contributed by atoms with van der Waals surface area (Å²) >= 11 is 11.5. The monoisotopic (exact) mass is 335 g/mol. The zero-order chi connectivity index (χ0) is 16.0. The van der Waals surface area contributed by atoms with Crippen LogP contribution in [0.3, 0.4) is 0 Å². The van der Waals surface area contributed by atoms with Gasteiger partial charge in [0.2, 0.25) is 0 Å². The van der Waals surface area contributed by atoms with Gasteiger partial charge in [-0.25, -0.2) is 4.79 Å². The minimum absolute atomic E-state index is 0.240. The number of carbonyl (C=O) groups is 3. The molecule has 114 valence electrons. The van der Waals surface area contributed by atoms with Crippen molar-refractivity contribution >= 4 is 41.0 Å². The average Bonchev–Trinajstić information content (AvgIpc) is 2.38. The Morgan fingerprint density at radius 3 is 2.38 bits per heavy atom. The molecule has 0 heterocycles. The maximum absolute atomic E-state index is 11.5. The van der Waals surface area contributed by atoms with Gasteiger partial charge in [-0.05, 0) is 12.1 Å². The van der Waals surface area contributed by atoms with Gasteiger partial charge in [-0.15, -0.1) is 0 Å². The Kier molecular flexibility index (Phi) is 6.26. The zero-order valence-corrected chi connectivity index (χ0v) is 12.0. The first-order chi connectivity index (χ1) is 9.79.